The van der Waals surface area contributed by atoms with E-state index in [-0.39, 0.29) is 10.6 Å². The molecule has 4 nitrogen and oxygen atoms in total. The maximum absolute atomic E-state index is 10.6. The monoisotopic (exact) mass is 286 g/mol. The number of anilines is 1. The molecule has 2 aromatic rings. The van der Waals surface area contributed by atoms with Gasteiger partial charge in [0, 0.05) is 35.8 Å². The van der Waals surface area contributed by atoms with Crippen LogP contribution in [-0.4, -0.2) is 18.0 Å². The van der Waals surface area contributed by atoms with Gasteiger partial charge in [0.2, 0.25) is 0 Å². The molecule has 0 bridgehead atoms. The minimum atomic E-state index is -0.366. The number of nitrogens with zero attached hydrogens (tertiary/aromatic N) is 2. The Balaban J connectivity index is 1.73. The number of rotatable bonds is 3. The Morgan fingerprint density at radius 1 is 1.20 bits per heavy atom. The van der Waals surface area contributed by atoms with Gasteiger partial charge < -0.3 is 4.90 Å². The summed E-state index contributed by atoms with van der Waals surface area (Å²) in [6.45, 7) is 1.80. The van der Waals surface area contributed by atoms with Crippen molar-refractivity contribution in [3.63, 3.8) is 0 Å². The summed E-state index contributed by atoms with van der Waals surface area (Å²) in [6, 6.07) is 11.0. The lowest BCUT2D eigenvalue weighted by Gasteiger charge is -2.28. The lowest BCUT2D eigenvalue weighted by atomic mass is 10.1. The molecule has 1 aromatic carbocycles. The zero-order valence-corrected chi connectivity index (χ0v) is 11.7. The molecule has 1 aliphatic rings. The van der Waals surface area contributed by atoms with E-state index in [2.05, 4.69) is 28.5 Å². The summed E-state index contributed by atoms with van der Waals surface area (Å²) in [7, 11) is 0. The molecular weight excluding hydrogens is 272 g/mol. The van der Waals surface area contributed by atoms with Gasteiger partial charge in [0.25, 0.3) is 5.69 Å². The molecule has 1 aromatic heterocycles. The zero-order chi connectivity index (χ0) is 13.9. The van der Waals surface area contributed by atoms with Gasteiger partial charge in [0.15, 0.2) is 0 Å². The minimum Gasteiger partial charge on any atom is -0.367 e. The molecule has 2 heterocycles. The standard InChI is InChI=1S/C15H14N2O2S/c18-17(19)14-5-3-13(4-6-14)16-9-7-12(8-10-16)15-2-1-11-20-15/h1-7,11H,8-10H2. The second kappa shape index (κ2) is 5.46. The van der Waals surface area contributed by atoms with Crippen molar-refractivity contribution in [2.24, 2.45) is 0 Å². The highest BCUT2D eigenvalue weighted by atomic mass is 32.1. The summed E-state index contributed by atoms with van der Waals surface area (Å²) in [5.74, 6) is 0. The van der Waals surface area contributed by atoms with Gasteiger partial charge in [-0.25, -0.2) is 0 Å². The topological polar surface area (TPSA) is 46.4 Å². The highest BCUT2D eigenvalue weighted by Crippen LogP contribution is 2.28. The first-order valence-electron chi connectivity index (χ1n) is 6.46. The van der Waals surface area contributed by atoms with Gasteiger partial charge in [0.05, 0.1) is 4.92 Å². The lowest BCUT2D eigenvalue weighted by molar-refractivity contribution is -0.384. The quantitative estimate of drug-likeness (QED) is 0.634. The largest absolute Gasteiger partial charge is 0.367 e. The van der Waals surface area contributed by atoms with Crippen LogP contribution in [0.4, 0.5) is 11.4 Å². The van der Waals surface area contributed by atoms with Crippen molar-refractivity contribution >= 4 is 28.3 Å². The Morgan fingerprint density at radius 3 is 2.55 bits per heavy atom. The number of hydrogen-bond donors (Lipinski definition) is 0. The van der Waals surface area contributed by atoms with E-state index in [9.17, 15) is 10.1 Å². The highest BCUT2D eigenvalue weighted by Gasteiger charge is 2.14. The van der Waals surface area contributed by atoms with Crippen molar-refractivity contribution in [1.82, 2.24) is 0 Å². The van der Waals surface area contributed by atoms with E-state index in [1.165, 1.54) is 10.5 Å². The molecule has 0 unspecified atom stereocenters. The second-order valence-corrected chi connectivity index (χ2v) is 5.62. The third-order valence-corrected chi connectivity index (χ3v) is 4.42. The molecule has 5 heteroatoms. The van der Waals surface area contributed by atoms with Crippen molar-refractivity contribution in [3.05, 3.63) is 62.8 Å². The lowest BCUT2D eigenvalue weighted by Crippen LogP contribution is -2.27. The zero-order valence-electron chi connectivity index (χ0n) is 10.9. The van der Waals surface area contributed by atoms with Gasteiger partial charge in [-0.15, -0.1) is 11.3 Å². The molecule has 0 amide bonds. The van der Waals surface area contributed by atoms with Crippen molar-refractivity contribution < 1.29 is 4.92 Å². The van der Waals surface area contributed by atoms with E-state index >= 15 is 0 Å². The number of benzene rings is 1. The fourth-order valence-corrected chi connectivity index (χ4v) is 3.17. The maximum Gasteiger partial charge on any atom is 0.269 e. The van der Waals surface area contributed by atoms with Gasteiger partial charge in [0.1, 0.15) is 0 Å². The van der Waals surface area contributed by atoms with Crippen molar-refractivity contribution in [3.8, 4) is 0 Å². The first-order chi connectivity index (χ1) is 9.74. The molecule has 1 aliphatic heterocycles. The van der Waals surface area contributed by atoms with Crippen molar-refractivity contribution in [2.45, 2.75) is 6.42 Å². The second-order valence-electron chi connectivity index (χ2n) is 4.68. The third-order valence-electron chi connectivity index (χ3n) is 3.47. The van der Waals surface area contributed by atoms with E-state index in [4.69, 9.17) is 0 Å². The molecule has 3 rings (SSSR count). The summed E-state index contributed by atoms with van der Waals surface area (Å²) in [6.07, 6.45) is 3.26. The predicted molar refractivity (Wildman–Crippen MR) is 82.2 cm³/mol. The Hall–Kier alpha value is -2.14. The molecule has 0 atom stereocenters. The Kier molecular flexibility index (Phi) is 3.52. The number of thiophene rings is 1. The number of nitro groups is 1. The molecule has 20 heavy (non-hydrogen) atoms. The number of hydrogen-bond acceptors (Lipinski definition) is 4. The van der Waals surface area contributed by atoms with E-state index in [0.29, 0.717) is 0 Å². The summed E-state index contributed by atoms with van der Waals surface area (Å²) < 4.78 is 0. The summed E-state index contributed by atoms with van der Waals surface area (Å²) in [4.78, 5) is 13.9. The van der Waals surface area contributed by atoms with E-state index < -0.39 is 0 Å². The van der Waals surface area contributed by atoms with Crippen LogP contribution in [0.5, 0.6) is 0 Å². The first kappa shape index (κ1) is 12.9. The molecule has 0 aliphatic carbocycles. The molecule has 0 radical (unpaired) electrons. The first-order valence-corrected chi connectivity index (χ1v) is 7.34. The molecule has 102 valence electrons. The molecular formula is C15H14N2O2S. The molecule has 0 spiro atoms. The van der Waals surface area contributed by atoms with Gasteiger partial charge in [-0.2, -0.15) is 0 Å². The van der Waals surface area contributed by atoms with Crippen LogP contribution in [0.15, 0.2) is 47.9 Å². The van der Waals surface area contributed by atoms with Gasteiger partial charge in [-0.1, -0.05) is 12.1 Å². The van der Waals surface area contributed by atoms with Crippen LogP contribution < -0.4 is 4.90 Å². The predicted octanol–water partition coefficient (Wildman–Crippen LogP) is 3.95. The Bertz CT molecular complexity index is 632. The summed E-state index contributed by atoms with van der Waals surface area (Å²) in [5.41, 5.74) is 2.58. The van der Waals surface area contributed by atoms with E-state index in [1.54, 1.807) is 23.5 Å². The molecule has 0 N–H and O–H groups in total. The van der Waals surface area contributed by atoms with Crippen LogP contribution >= 0.6 is 11.3 Å². The minimum absolute atomic E-state index is 0.139. The molecule has 0 saturated carbocycles. The average molecular weight is 286 g/mol. The third kappa shape index (κ3) is 2.58. The molecule has 0 fully saturated rings. The molecule has 0 saturated heterocycles. The van der Waals surface area contributed by atoms with E-state index in [0.717, 1.165) is 25.2 Å². The van der Waals surface area contributed by atoms with Gasteiger partial charge >= 0.3 is 0 Å². The van der Waals surface area contributed by atoms with Crippen molar-refractivity contribution in [1.29, 1.82) is 0 Å². The Morgan fingerprint density at radius 2 is 2.00 bits per heavy atom. The SMILES string of the molecule is O=[N+]([O-])c1ccc(N2CC=C(c3cccs3)CC2)cc1. The van der Waals surface area contributed by atoms with Crippen molar-refractivity contribution in [2.75, 3.05) is 18.0 Å². The van der Waals surface area contributed by atoms with Crippen LogP contribution in [0, 0.1) is 10.1 Å². The van der Waals surface area contributed by atoms with Crippen LogP contribution in [0.1, 0.15) is 11.3 Å². The fourth-order valence-electron chi connectivity index (χ4n) is 2.37. The normalized spacial score (nSPS) is 15.0. The van der Waals surface area contributed by atoms with E-state index in [1.807, 2.05) is 12.1 Å². The number of non-ortho nitro benzene ring substituents is 1. The number of nitro benzene ring substituents is 1. The van der Waals surface area contributed by atoms with Crippen LogP contribution in [0.2, 0.25) is 0 Å². The van der Waals surface area contributed by atoms with Gasteiger partial charge in [-0.05, 0) is 35.6 Å². The maximum atomic E-state index is 10.6. The summed E-state index contributed by atoms with van der Waals surface area (Å²) >= 11 is 1.77. The smallest absolute Gasteiger partial charge is 0.269 e. The average Bonchev–Trinajstić information content (AvgIpc) is 3.02. The van der Waals surface area contributed by atoms with Gasteiger partial charge in [-0.3, -0.25) is 10.1 Å². The highest BCUT2D eigenvalue weighted by molar-refractivity contribution is 7.11. The summed E-state index contributed by atoms with van der Waals surface area (Å²) in [5, 5.41) is 12.7. The Labute approximate surface area is 121 Å². The fraction of sp³-hybridized carbons (Fsp3) is 0.200. The van der Waals surface area contributed by atoms with Crippen LogP contribution in [0.3, 0.4) is 0 Å². The van der Waals surface area contributed by atoms with Crippen LogP contribution in [0.25, 0.3) is 5.57 Å². The van der Waals surface area contributed by atoms with Crippen LogP contribution in [-0.2, 0) is 0 Å².